The fourth-order valence-electron chi connectivity index (χ4n) is 2.37. The number of methoxy groups -OCH3 is 1. The van der Waals surface area contributed by atoms with E-state index in [1.54, 1.807) is 48.5 Å². The van der Waals surface area contributed by atoms with Gasteiger partial charge in [-0.1, -0.05) is 30.3 Å². The van der Waals surface area contributed by atoms with E-state index < -0.39 is 9.84 Å². The van der Waals surface area contributed by atoms with Crippen LogP contribution >= 0.6 is 0 Å². The van der Waals surface area contributed by atoms with Crippen LogP contribution in [0.15, 0.2) is 87.6 Å². The van der Waals surface area contributed by atoms with Gasteiger partial charge in [-0.15, -0.1) is 0 Å². The summed E-state index contributed by atoms with van der Waals surface area (Å²) < 4.78 is 43.8. The minimum Gasteiger partial charge on any atom is -0.494 e. The van der Waals surface area contributed by atoms with E-state index in [4.69, 9.17) is 4.74 Å². The smallest absolute Gasteiger partial charge is 0.206 e. The fraction of sp³-hybridized carbons (Fsp3) is 0.0500. The van der Waals surface area contributed by atoms with Gasteiger partial charge in [0.05, 0.1) is 16.9 Å². The van der Waals surface area contributed by atoms with Gasteiger partial charge in [0.1, 0.15) is 17.3 Å². The Morgan fingerprint density at radius 3 is 2.27 bits per heavy atom. The van der Waals surface area contributed by atoms with Gasteiger partial charge in [0.2, 0.25) is 9.84 Å². The van der Waals surface area contributed by atoms with E-state index in [1.807, 2.05) is 0 Å². The summed E-state index contributed by atoms with van der Waals surface area (Å²) in [6.07, 6.45) is 1.52. The first-order valence-corrected chi connectivity index (χ1v) is 9.27. The van der Waals surface area contributed by atoms with E-state index in [9.17, 15) is 12.8 Å². The van der Waals surface area contributed by atoms with Crippen molar-refractivity contribution in [3.8, 4) is 5.75 Å². The standard InChI is InChI=1S/C20H16FNO3S/c1-25-20-12-11-18(26(23,24)17-5-3-2-4-6-17)13-19(20)22-14-15-7-9-16(21)10-8-15/h2-14H,1H3. The molecule has 0 atom stereocenters. The van der Waals surface area contributed by atoms with Crippen LogP contribution in [0.1, 0.15) is 5.56 Å². The topological polar surface area (TPSA) is 55.7 Å². The Morgan fingerprint density at radius 2 is 1.62 bits per heavy atom. The SMILES string of the molecule is COc1ccc(S(=O)(=O)c2ccccc2)cc1N=Cc1ccc(F)cc1. The van der Waals surface area contributed by atoms with Crippen LogP contribution in [0.2, 0.25) is 0 Å². The Balaban J connectivity index is 2.00. The third-order valence-electron chi connectivity index (χ3n) is 3.74. The maximum absolute atomic E-state index is 13.0. The summed E-state index contributed by atoms with van der Waals surface area (Å²) >= 11 is 0. The monoisotopic (exact) mass is 369 g/mol. The van der Waals surface area contributed by atoms with Crippen LogP contribution in [0.5, 0.6) is 5.75 Å². The first-order chi connectivity index (χ1) is 12.5. The van der Waals surface area contributed by atoms with E-state index in [0.29, 0.717) is 17.0 Å². The quantitative estimate of drug-likeness (QED) is 0.626. The lowest BCUT2D eigenvalue weighted by atomic mass is 10.2. The number of halogens is 1. The van der Waals surface area contributed by atoms with Crippen LogP contribution < -0.4 is 4.74 Å². The van der Waals surface area contributed by atoms with Crippen LogP contribution in [0, 0.1) is 5.82 Å². The number of benzene rings is 3. The number of hydrogen-bond donors (Lipinski definition) is 0. The predicted octanol–water partition coefficient (Wildman–Crippen LogP) is 4.42. The third kappa shape index (κ3) is 3.81. The summed E-state index contributed by atoms with van der Waals surface area (Å²) in [6.45, 7) is 0. The molecular weight excluding hydrogens is 353 g/mol. The molecule has 0 aromatic heterocycles. The van der Waals surface area contributed by atoms with Crippen molar-refractivity contribution in [2.24, 2.45) is 4.99 Å². The molecule has 0 fully saturated rings. The lowest BCUT2D eigenvalue weighted by Gasteiger charge is -2.09. The normalized spacial score (nSPS) is 11.6. The number of hydrogen-bond acceptors (Lipinski definition) is 4. The Bertz CT molecular complexity index is 1030. The molecule has 3 rings (SSSR count). The lowest BCUT2D eigenvalue weighted by Crippen LogP contribution is -2.01. The van der Waals surface area contributed by atoms with Crippen LogP contribution in [0.4, 0.5) is 10.1 Å². The molecule has 0 aliphatic carbocycles. The Kier molecular flexibility index (Phi) is 5.14. The molecule has 26 heavy (non-hydrogen) atoms. The van der Waals surface area contributed by atoms with Crippen molar-refractivity contribution in [1.82, 2.24) is 0 Å². The molecule has 0 saturated carbocycles. The van der Waals surface area contributed by atoms with Gasteiger partial charge in [0, 0.05) is 6.21 Å². The summed E-state index contributed by atoms with van der Waals surface area (Å²) in [5, 5.41) is 0. The highest BCUT2D eigenvalue weighted by Gasteiger charge is 2.18. The van der Waals surface area contributed by atoms with Crippen molar-refractivity contribution >= 4 is 21.7 Å². The maximum atomic E-state index is 13.0. The zero-order valence-electron chi connectivity index (χ0n) is 14.0. The zero-order chi connectivity index (χ0) is 18.6. The molecule has 4 nitrogen and oxygen atoms in total. The molecule has 0 aliphatic heterocycles. The average molecular weight is 369 g/mol. The molecule has 0 amide bonds. The second-order valence-electron chi connectivity index (χ2n) is 5.46. The molecule has 132 valence electrons. The molecule has 6 heteroatoms. The first kappa shape index (κ1) is 17.8. The molecule has 0 bridgehead atoms. The van der Waals surface area contributed by atoms with Crippen LogP contribution in [0.3, 0.4) is 0 Å². The van der Waals surface area contributed by atoms with Gasteiger partial charge in [-0.2, -0.15) is 0 Å². The highest BCUT2D eigenvalue weighted by Crippen LogP contribution is 2.32. The molecule has 0 spiro atoms. The summed E-state index contributed by atoms with van der Waals surface area (Å²) in [7, 11) is -2.17. The molecule has 0 unspecified atom stereocenters. The second kappa shape index (κ2) is 7.49. The number of aliphatic imine (C=N–C) groups is 1. The van der Waals surface area contributed by atoms with Crippen molar-refractivity contribution in [2.45, 2.75) is 9.79 Å². The Labute approximate surface area is 151 Å². The number of ether oxygens (including phenoxy) is 1. The van der Waals surface area contributed by atoms with Crippen molar-refractivity contribution in [3.05, 3.63) is 84.2 Å². The Hall–Kier alpha value is -2.99. The highest BCUT2D eigenvalue weighted by atomic mass is 32.2. The van der Waals surface area contributed by atoms with Gasteiger partial charge in [0.25, 0.3) is 0 Å². The van der Waals surface area contributed by atoms with E-state index in [-0.39, 0.29) is 15.6 Å². The number of sulfone groups is 1. The van der Waals surface area contributed by atoms with E-state index in [2.05, 4.69) is 4.99 Å². The molecule has 0 radical (unpaired) electrons. The summed E-state index contributed by atoms with van der Waals surface area (Å²) in [6, 6.07) is 18.5. The second-order valence-corrected chi connectivity index (χ2v) is 7.41. The van der Waals surface area contributed by atoms with Gasteiger partial charge in [0.15, 0.2) is 0 Å². The lowest BCUT2D eigenvalue weighted by molar-refractivity contribution is 0.416. The zero-order valence-corrected chi connectivity index (χ0v) is 14.8. The predicted molar refractivity (Wildman–Crippen MR) is 98.5 cm³/mol. The minimum atomic E-state index is -3.65. The van der Waals surface area contributed by atoms with Gasteiger partial charge in [-0.05, 0) is 48.0 Å². The van der Waals surface area contributed by atoms with Crippen LogP contribution in [0.25, 0.3) is 0 Å². The van der Waals surface area contributed by atoms with Crippen molar-refractivity contribution in [2.75, 3.05) is 7.11 Å². The largest absolute Gasteiger partial charge is 0.494 e. The molecule has 0 N–H and O–H groups in total. The maximum Gasteiger partial charge on any atom is 0.206 e. The minimum absolute atomic E-state index is 0.121. The molecule has 0 heterocycles. The number of rotatable bonds is 5. The summed E-state index contributed by atoms with van der Waals surface area (Å²) in [5.74, 6) is 0.103. The van der Waals surface area contributed by atoms with Gasteiger partial charge >= 0.3 is 0 Å². The molecular formula is C20H16FNO3S. The first-order valence-electron chi connectivity index (χ1n) is 7.78. The summed E-state index contributed by atoms with van der Waals surface area (Å²) in [4.78, 5) is 4.64. The molecule has 3 aromatic rings. The molecule has 0 saturated heterocycles. The molecule has 3 aromatic carbocycles. The fourth-order valence-corrected chi connectivity index (χ4v) is 3.67. The average Bonchev–Trinajstić information content (AvgIpc) is 2.68. The van der Waals surface area contributed by atoms with E-state index >= 15 is 0 Å². The highest BCUT2D eigenvalue weighted by molar-refractivity contribution is 7.91. The summed E-state index contributed by atoms with van der Waals surface area (Å²) in [5.41, 5.74) is 1.05. The third-order valence-corrected chi connectivity index (χ3v) is 5.50. The van der Waals surface area contributed by atoms with Crippen molar-refractivity contribution in [3.63, 3.8) is 0 Å². The van der Waals surface area contributed by atoms with E-state index in [1.165, 1.54) is 37.6 Å². The van der Waals surface area contributed by atoms with Gasteiger partial charge in [-0.3, -0.25) is 4.99 Å². The van der Waals surface area contributed by atoms with Gasteiger partial charge in [-0.25, -0.2) is 12.8 Å². The number of nitrogens with zero attached hydrogens (tertiary/aromatic N) is 1. The van der Waals surface area contributed by atoms with Crippen molar-refractivity contribution < 1.29 is 17.5 Å². The van der Waals surface area contributed by atoms with Gasteiger partial charge < -0.3 is 4.74 Å². The van der Waals surface area contributed by atoms with Crippen LogP contribution in [-0.4, -0.2) is 21.7 Å². The van der Waals surface area contributed by atoms with Crippen molar-refractivity contribution in [1.29, 1.82) is 0 Å². The van der Waals surface area contributed by atoms with E-state index in [0.717, 1.165) is 0 Å². The molecule has 0 aliphatic rings. The van der Waals surface area contributed by atoms with Crippen LogP contribution in [-0.2, 0) is 9.84 Å². The Morgan fingerprint density at radius 1 is 0.923 bits per heavy atom.